The molecule has 0 unspecified atom stereocenters. The molecule has 0 radical (unpaired) electrons. The van der Waals surface area contributed by atoms with Gasteiger partial charge in [-0.3, -0.25) is 0 Å². The molecule has 0 saturated carbocycles. The SMILES string of the molecule is C=CS(F)(F)F. The van der Waals surface area contributed by atoms with E-state index in [2.05, 4.69) is 6.58 Å². The minimum absolute atomic E-state index is 0.0208. The van der Waals surface area contributed by atoms with E-state index in [9.17, 15) is 11.7 Å². The molecule has 6 heavy (non-hydrogen) atoms. The highest BCUT2D eigenvalue weighted by atomic mass is 32.3. The van der Waals surface area contributed by atoms with Crippen LogP contribution < -0.4 is 0 Å². The minimum Gasteiger partial charge on any atom is -0.120 e. The van der Waals surface area contributed by atoms with E-state index in [1.807, 2.05) is 0 Å². The molecule has 0 aromatic heterocycles. The Morgan fingerprint density at radius 2 is 1.50 bits per heavy atom. The van der Waals surface area contributed by atoms with Gasteiger partial charge in [-0.2, -0.15) is 0 Å². The molecule has 0 aromatic carbocycles. The van der Waals surface area contributed by atoms with Crippen LogP contribution in [0.15, 0.2) is 12.0 Å². The molecule has 0 aliphatic rings. The maximum Gasteiger partial charge on any atom is 0.230 e. The van der Waals surface area contributed by atoms with Gasteiger partial charge in [0.25, 0.3) is 0 Å². The molecule has 0 rings (SSSR count). The van der Waals surface area contributed by atoms with Gasteiger partial charge in [0.05, 0.1) is 0 Å². The van der Waals surface area contributed by atoms with Crippen LogP contribution in [0.1, 0.15) is 0 Å². The van der Waals surface area contributed by atoms with Crippen LogP contribution in [0, 0.1) is 0 Å². The smallest absolute Gasteiger partial charge is 0.120 e. The van der Waals surface area contributed by atoms with Crippen molar-refractivity contribution in [3.05, 3.63) is 12.0 Å². The highest BCUT2D eigenvalue weighted by Gasteiger charge is 2.11. The third-order valence-electron chi connectivity index (χ3n) is 0.189. The standard InChI is InChI=1S/C2H3F3S/c1-2-6(3,4)5/h2H,1H2. The Morgan fingerprint density at radius 1 is 1.33 bits per heavy atom. The van der Waals surface area contributed by atoms with Crippen LogP contribution in [-0.2, 0) is 0 Å². The van der Waals surface area contributed by atoms with Crippen molar-refractivity contribution >= 4 is 11.2 Å². The Kier molecular flexibility index (Phi) is 1.52. The second-order valence-electron chi connectivity index (χ2n) is 0.609. The third-order valence-corrected chi connectivity index (χ3v) is 0.567. The fraction of sp³-hybridized carbons (Fsp3) is 0. The summed E-state index contributed by atoms with van der Waals surface area (Å²) < 4.78 is 32.2. The minimum atomic E-state index is -4.90. The summed E-state index contributed by atoms with van der Waals surface area (Å²) in [5.41, 5.74) is 0. The van der Waals surface area contributed by atoms with E-state index in [-0.39, 0.29) is 5.41 Å². The molecule has 0 spiro atoms. The van der Waals surface area contributed by atoms with Crippen LogP contribution in [0.2, 0.25) is 0 Å². The molecular weight excluding hydrogens is 113 g/mol. The predicted molar refractivity (Wildman–Crippen MR) is 21.1 cm³/mol. The van der Waals surface area contributed by atoms with Crippen LogP contribution in [0.3, 0.4) is 0 Å². The molecule has 0 bridgehead atoms. The van der Waals surface area contributed by atoms with E-state index < -0.39 is 11.2 Å². The molecule has 0 heterocycles. The lowest BCUT2D eigenvalue weighted by molar-refractivity contribution is 0.653. The summed E-state index contributed by atoms with van der Waals surface area (Å²) in [4.78, 5) is 0. The molecule has 0 nitrogen and oxygen atoms in total. The number of hydrogen-bond acceptors (Lipinski definition) is 0. The number of halogens is 3. The Hall–Kier alpha value is -0.120. The molecular formula is C2H3F3S. The van der Waals surface area contributed by atoms with Crippen molar-refractivity contribution in [1.29, 1.82) is 0 Å². The van der Waals surface area contributed by atoms with Gasteiger partial charge < -0.3 is 0 Å². The van der Waals surface area contributed by atoms with Crippen molar-refractivity contribution in [2.45, 2.75) is 0 Å². The lowest BCUT2D eigenvalue weighted by atomic mass is 11.3. The van der Waals surface area contributed by atoms with E-state index in [4.69, 9.17) is 0 Å². The predicted octanol–water partition coefficient (Wildman–Crippen LogP) is 2.59. The van der Waals surface area contributed by atoms with Gasteiger partial charge in [0.1, 0.15) is 0 Å². The first kappa shape index (κ1) is 5.88. The second-order valence-corrected chi connectivity index (χ2v) is 1.83. The van der Waals surface area contributed by atoms with Gasteiger partial charge in [0, 0.05) is 5.41 Å². The first-order valence-corrected chi connectivity index (χ1v) is 2.50. The van der Waals surface area contributed by atoms with Crippen molar-refractivity contribution < 1.29 is 11.7 Å². The Bertz CT molecular complexity index is 54.3. The third kappa shape index (κ3) is 3.88. The monoisotopic (exact) mass is 116 g/mol. The summed E-state index contributed by atoms with van der Waals surface area (Å²) in [6.07, 6.45) is 0. The summed E-state index contributed by atoms with van der Waals surface area (Å²) in [5.74, 6) is 0. The van der Waals surface area contributed by atoms with Crippen molar-refractivity contribution in [2.24, 2.45) is 0 Å². The van der Waals surface area contributed by atoms with Crippen LogP contribution in [0.4, 0.5) is 11.7 Å². The highest BCUT2D eigenvalue weighted by molar-refractivity contribution is 8.23. The Balaban J connectivity index is 3.45. The van der Waals surface area contributed by atoms with Crippen LogP contribution in [0.25, 0.3) is 0 Å². The first-order valence-electron chi connectivity index (χ1n) is 1.11. The van der Waals surface area contributed by atoms with Crippen LogP contribution >= 0.6 is 11.2 Å². The zero-order valence-corrected chi connectivity index (χ0v) is 3.64. The van der Waals surface area contributed by atoms with Gasteiger partial charge in [-0.05, 0) is 0 Å². The van der Waals surface area contributed by atoms with E-state index in [1.165, 1.54) is 0 Å². The van der Waals surface area contributed by atoms with Crippen molar-refractivity contribution in [3.8, 4) is 0 Å². The molecule has 0 aliphatic carbocycles. The summed E-state index contributed by atoms with van der Waals surface area (Å²) in [7, 11) is 0. The molecule has 0 saturated heterocycles. The lowest BCUT2D eigenvalue weighted by Gasteiger charge is -1.97. The first-order chi connectivity index (χ1) is 2.56. The summed E-state index contributed by atoms with van der Waals surface area (Å²) in [6.45, 7) is 2.54. The van der Waals surface area contributed by atoms with Gasteiger partial charge in [0.2, 0.25) is 11.2 Å². The molecule has 0 atom stereocenters. The number of rotatable bonds is 1. The normalized spacial score (nSPS) is 13.8. The molecule has 0 N–H and O–H groups in total. The maximum atomic E-state index is 10.8. The molecule has 0 aliphatic heterocycles. The van der Waals surface area contributed by atoms with Crippen LogP contribution in [0.5, 0.6) is 0 Å². The molecule has 38 valence electrons. The Labute approximate surface area is 35.9 Å². The fourth-order valence-corrected chi connectivity index (χ4v) is 0. The molecule has 0 amide bonds. The van der Waals surface area contributed by atoms with Crippen LogP contribution in [-0.4, -0.2) is 0 Å². The van der Waals surface area contributed by atoms with E-state index in [0.717, 1.165) is 0 Å². The highest BCUT2D eigenvalue weighted by Crippen LogP contribution is 2.53. The second kappa shape index (κ2) is 1.55. The number of hydrogen-bond donors (Lipinski definition) is 0. The average molecular weight is 116 g/mol. The van der Waals surface area contributed by atoms with Crippen molar-refractivity contribution in [3.63, 3.8) is 0 Å². The average Bonchev–Trinajstić information content (AvgIpc) is 1.35. The van der Waals surface area contributed by atoms with E-state index in [1.54, 1.807) is 0 Å². The lowest BCUT2D eigenvalue weighted by Crippen LogP contribution is -1.56. The molecule has 4 heteroatoms. The van der Waals surface area contributed by atoms with Gasteiger partial charge in [-0.1, -0.05) is 6.58 Å². The summed E-state index contributed by atoms with van der Waals surface area (Å²) >= 11 is -4.90. The quantitative estimate of drug-likeness (QED) is 0.494. The van der Waals surface area contributed by atoms with Gasteiger partial charge >= 0.3 is 0 Å². The van der Waals surface area contributed by atoms with E-state index in [0.29, 0.717) is 0 Å². The molecule has 0 aromatic rings. The van der Waals surface area contributed by atoms with Crippen molar-refractivity contribution in [1.82, 2.24) is 0 Å². The van der Waals surface area contributed by atoms with Crippen molar-refractivity contribution in [2.75, 3.05) is 0 Å². The van der Waals surface area contributed by atoms with E-state index >= 15 is 0 Å². The van der Waals surface area contributed by atoms with Gasteiger partial charge in [-0.25, -0.2) is 0 Å². The fourth-order valence-electron chi connectivity index (χ4n) is 0. The topological polar surface area (TPSA) is 0 Å². The summed E-state index contributed by atoms with van der Waals surface area (Å²) in [6, 6.07) is 0. The molecule has 0 fully saturated rings. The van der Waals surface area contributed by atoms with Gasteiger partial charge in [0.15, 0.2) is 0 Å². The summed E-state index contributed by atoms with van der Waals surface area (Å²) in [5, 5.41) is 0.0208. The Morgan fingerprint density at radius 3 is 1.50 bits per heavy atom. The maximum absolute atomic E-state index is 10.8. The van der Waals surface area contributed by atoms with Gasteiger partial charge in [-0.15, -0.1) is 11.7 Å². The zero-order valence-electron chi connectivity index (χ0n) is 2.83. The largest absolute Gasteiger partial charge is 0.230 e. The zero-order chi connectivity index (χ0) is 5.21.